The summed E-state index contributed by atoms with van der Waals surface area (Å²) in [6.45, 7) is 5.88. The molecule has 5 rings (SSSR count). The molecule has 2 aliphatic carbocycles. The summed E-state index contributed by atoms with van der Waals surface area (Å²) < 4.78 is 6.63. The Bertz CT molecular complexity index is 1050. The largest absolute Gasteiger partial charge is 0.355 e. The van der Waals surface area contributed by atoms with Crippen LogP contribution in [0.4, 0.5) is 0 Å². The molecule has 2 saturated heterocycles. The van der Waals surface area contributed by atoms with Gasteiger partial charge < -0.3 is 25.6 Å². The number of aryl methyl sites for hydroxylation is 1. The van der Waals surface area contributed by atoms with Crippen LogP contribution in [0.15, 0.2) is 24.3 Å². The lowest BCUT2D eigenvalue weighted by atomic mass is 9.79. The van der Waals surface area contributed by atoms with Crippen molar-refractivity contribution >= 4 is 30.1 Å². The molecular formula is C29H43ClN4O4. The molecule has 2 heterocycles. The van der Waals surface area contributed by atoms with E-state index >= 15 is 0 Å². The third kappa shape index (κ3) is 5.32. The molecule has 8 nitrogen and oxygen atoms in total. The Balaban J connectivity index is 0.00000336. The van der Waals surface area contributed by atoms with Crippen molar-refractivity contribution in [2.45, 2.75) is 109 Å². The van der Waals surface area contributed by atoms with Gasteiger partial charge in [-0.1, -0.05) is 51.0 Å². The minimum Gasteiger partial charge on any atom is -0.355 e. The van der Waals surface area contributed by atoms with Gasteiger partial charge in [-0.05, 0) is 62.6 Å². The van der Waals surface area contributed by atoms with Gasteiger partial charge in [-0.2, -0.15) is 0 Å². The van der Waals surface area contributed by atoms with Gasteiger partial charge in [0.1, 0.15) is 18.3 Å². The maximum Gasteiger partial charge on any atom is 0.248 e. The fraction of sp³-hybridized carbons (Fsp3) is 0.690. The van der Waals surface area contributed by atoms with Gasteiger partial charge >= 0.3 is 0 Å². The van der Waals surface area contributed by atoms with Gasteiger partial charge in [0, 0.05) is 12.3 Å². The van der Waals surface area contributed by atoms with Crippen LogP contribution in [0.3, 0.4) is 0 Å². The van der Waals surface area contributed by atoms with E-state index in [0.717, 1.165) is 44.9 Å². The predicted octanol–water partition coefficient (Wildman–Crippen LogP) is 3.24. The second-order valence-electron chi connectivity index (χ2n) is 12.1. The van der Waals surface area contributed by atoms with Crippen molar-refractivity contribution in [1.29, 1.82) is 0 Å². The van der Waals surface area contributed by atoms with Crippen LogP contribution in [0.1, 0.15) is 82.9 Å². The van der Waals surface area contributed by atoms with Gasteiger partial charge in [-0.15, -0.1) is 12.4 Å². The third-order valence-corrected chi connectivity index (χ3v) is 9.12. The molecule has 2 aliphatic heterocycles. The Morgan fingerprint density at radius 1 is 1.08 bits per heavy atom. The highest BCUT2D eigenvalue weighted by Gasteiger charge is 2.58. The molecule has 210 valence electrons. The smallest absolute Gasteiger partial charge is 0.248 e. The summed E-state index contributed by atoms with van der Waals surface area (Å²) in [5.41, 5.74) is 1.99. The number of benzene rings is 1. The molecule has 4 unspecified atom stereocenters. The van der Waals surface area contributed by atoms with Gasteiger partial charge in [-0.3, -0.25) is 14.4 Å². The van der Waals surface area contributed by atoms with E-state index in [4.69, 9.17) is 4.74 Å². The average Bonchev–Trinajstić information content (AvgIpc) is 3.10. The topological polar surface area (TPSA) is 99.8 Å². The number of ether oxygens (including phenoxy) is 1. The average molecular weight is 547 g/mol. The van der Waals surface area contributed by atoms with Crippen molar-refractivity contribution < 1.29 is 19.1 Å². The summed E-state index contributed by atoms with van der Waals surface area (Å²) in [6.07, 6.45) is 6.69. The molecule has 0 aromatic heterocycles. The second kappa shape index (κ2) is 11.5. The highest BCUT2D eigenvalue weighted by Crippen LogP contribution is 2.46. The second-order valence-corrected chi connectivity index (χ2v) is 12.1. The number of likely N-dealkylation sites (N-methyl/N-ethyl adjacent to an activating group) is 1. The van der Waals surface area contributed by atoms with Crippen molar-refractivity contribution in [3.8, 4) is 0 Å². The van der Waals surface area contributed by atoms with E-state index in [2.05, 4.69) is 28.1 Å². The van der Waals surface area contributed by atoms with Crippen molar-refractivity contribution in [3.63, 3.8) is 0 Å². The number of carbonyl (C=O) groups is 3. The fourth-order valence-electron chi connectivity index (χ4n) is 7.02. The van der Waals surface area contributed by atoms with Crippen LogP contribution >= 0.6 is 12.4 Å². The summed E-state index contributed by atoms with van der Waals surface area (Å²) in [7, 11) is 1.73. The van der Waals surface area contributed by atoms with Crippen molar-refractivity contribution in [1.82, 2.24) is 20.9 Å². The summed E-state index contributed by atoms with van der Waals surface area (Å²) in [6, 6.07) is 6.45. The molecule has 0 radical (unpaired) electrons. The first-order valence-electron chi connectivity index (χ1n) is 14.0. The maximum absolute atomic E-state index is 14.3. The van der Waals surface area contributed by atoms with Gasteiger partial charge in [0.2, 0.25) is 17.7 Å². The first-order valence-corrected chi connectivity index (χ1v) is 14.0. The standard InChI is InChI=1S/C29H42N4O4.ClH/c1-17(30-4)26(34)32-24-20-13-7-8-15-22(20)37-23-16-29(2,3)25(33(23)28(24)36)27(35)31-21-14-9-11-18-10-5-6-12-19(18)21;/h5-6,10,12,17,20-25,30H,7-9,11,13-16H2,1-4H3,(H,31,35)(H,32,34);1H/t17?,20?,21-,22?,23?,24+,25-;/m1./s1. The van der Waals surface area contributed by atoms with Gasteiger partial charge in [-0.25, -0.2) is 0 Å². The lowest BCUT2D eigenvalue weighted by molar-refractivity contribution is -0.152. The Labute approximate surface area is 232 Å². The maximum atomic E-state index is 14.3. The van der Waals surface area contributed by atoms with Crippen LogP contribution in [0.2, 0.25) is 0 Å². The van der Waals surface area contributed by atoms with E-state index in [9.17, 15) is 14.4 Å². The van der Waals surface area contributed by atoms with E-state index in [1.165, 1.54) is 11.1 Å². The summed E-state index contributed by atoms with van der Waals surface area (Å²) in [5.74, 6) is -0.616. The molecule has 1 saturated carbocycles. The molecule has 4 aliphatic rings. The minimum atomic E-state index is -0.696. The highest BCUT2D eigenvalue weighted by atomic mass is 35.5. The zero-order valence-corrected chi connectivity index (χ0v) is 23.8. The Kier molecular flexibility index (Phi) is 8.75. The van der Waals surface area contributed by atoms with Crippen LogP contribution in [0, 0.1) is 11.3 Å². The predicted molar refractivity (Wildman–Crippen MR) is 148 cm³/mol. The SMILES string of the molecule is CNC(C)C(=O)N[C@@H]1C(=O)N2C(CC(C)(C)[C@H]2C(=O)N[C@@H]2CCCc3ccccc32)OC2CCCCC21.Cl. The molecule has 0 spiro atoms. The summed E-state index contributed by atoms with van der Waals surface area (Å²) in [4.78, 5) is 42.8. The number of nitrogens with zero attached hydrogens (tertiary/aromatic N) is 1. The molecule has 3 fully saturated rings. The number of amides is 3. The summed E-state index contributed by atoms with van der Waals surface area (Å²) in [5, 5.41) is 9.32. The van der Waals surface area contributed by atoms with E-state index in [1.807, 2.05) is 26.0 Å². The van der Waals surface area contributed by atoms with E-state index in [0.29, 0.717) is 6.42 Å². The normalized spacial score (nSPS) is 32.5. The molecule has 1 aromatic rings. The van der Waals surface area contributed by atoms with Gasteiger partial charge in [0.05, 0.1) is 18.2 Å². The van der Waals surface area contributed by atoms with Crippen molar-refractivity contribution in [3.05, 3.63) is 35.4 Å². The molecule has 9 heteroatoms. The number of hydrogen-bond acceptors (Lipinski definition) is 5. The number of hydrogen-bond donors (Lipinski definition) is 3. The van der Waals surface area contributed by atoms with E-state index in [1.54, 1.807) is 18.9 Å². The number of halogens is 1. The van der Waals surface area contributed by atoms with Crippen LogP contribution < -0.4 is 16.0 Å². The third-order valence-electron chi connectivity index (χ3n) is 9.12. The fourth-order valence-corrected chi connectivity index (χ4v) is 7.02. The molecule has 38 heavy (non-hydrogen) atoms. The molecule has 0 bridgehead atoms. The first kappa shape index (κ1) is 28.8. The monoisotopic (exact) mass is 546 g/mol. The minimum absolute atomic E-state index is 0. The lowest BCUT2D eigenvalue weighted by Crippen LogP contribution is -2.60. The van der Waals surface area contributed by atoms with Gasteiger partial charge in [0.25, 0.3) is 0 Å². The molecule has 7 atom stereocenters. The van der Waals surface area contributed by atoms with Crippen LogP contribution in [0.25, 0.3) is 0 Å². The van der Waals surface area contributed by atoms with Crippen molar-refractivity contribution in [2.24, 2.45) is 11.3 Å². The quantitative estimate of drug-likeness (QED) is 0.526. The molecule has 3 N–H and O–H groups in total. The molecular weight excluding hydrogens is 504 g/mol. The molecule has 3 amide bonds. The summed E-state index contributed by atoms with van der Waals surface area (Å²) >= 11 is 0. The first-order chi connectivity index (χ1) is 17.7. The van der Waals surface area contributed by atoms with Crippen LogP contribution in [-0.2, 0) is 25.5 Å². The van der Waals surface area contributed by atoms with E-state index in [-0.39, 0.29) is 48.2 Å². The number of carbonyl (C=O) groups excluding carboxylic acids is 3. The Morgan fingerprint density at radius 3 is 2.58 bits per heavy atom. The number of fused-ring (bicyclic) bond motifs is 3. The van der Waals surface area contributed by atoms with Crippen molar-refractivity contribution in [2.75, 3.05) is 7.05 Å². The molecule has 1 aromatic carbocycles. The lowest BCUT2D eigenvalue weighted by Gasteiger charge is -2.37. The van der Waals surface area contributed by atoms with Gasteiger partial charge in [0.15, 0.2) is 0 Å². The highest BCUT2D eigenvalue weighted by molar-refractivity contribution is 5.94. The Hall–Kier alpha value is -2.16. The number of rotatable bonds is 5. The van der Waals surface area contributed by atoms with E-state index < -0.39 is 29.8 Å². The van der Waals surface area contributed by atoms with Crippen LogP contribution in [0.5, 0.6) is 0 Å². The zero-order chi connectivity index (χ0) is 26.3. The number of nitrogens with one attached hydrogen (secondary N) is 3. The Morgan fingerprint density at radius 2 is 1.82 bits per heavy atom. The zero-order valence-electron chi connectivity index (χ0n) is 23.0. The van der Waals surface area contributed by atoms with Crippen LogP contribution in [-0.4, -0.2) is 60.1 Å².